The summed E-state index contributed by atoms with van der Waals surface area (Å²) in [5.74, 6) is 0. The number of hydrogen-bond donors (Lipinski definition) is 0. The van der Waals surface area contributed by atoms with Gasteiger partial charge in [0.2, 0.25) is 0 Å². The van der Waals surface area contributed by atoms with Crippen LogP contribution in [0.5, 0.6) is 0 Å². The van der Waals surface area contributed by atoms with Crippen molar-refractivity contribution in [2.24, 2.45) is 0 Å². The first-order valence-electron chi connectivity index (χ1n) is 50.4. The van der Waals surface area contributed by atoms with Crippen LogP contribution in [0.2, 0.25) is 39.3 Å². The molecule has 0 amide bonds. The van der Waals surface area contributed by atoms with Gasteiger partial charge in [0, 0.05) is 142 Å². The van der Waals surface area contributed by atoms with Crippen molar-refractivity contribution >= 4 is 244 Å². The third-order valence-corrected chi connectivity index (χ3v) is 35.6. The lowest BCUT2D eigenvalue weighted by atomic mass is 9.94. The van der Waals surface area contributed by atoms with Crippen molar-refractivity contribution < 1.29 is 0 Å². The van der Waals surface area contributed by atoms with Gasteiger partial charge in [0.25, 0.3) is 0 Å². The molecule has 0 fully saturated rings. The van der Waals surface area contributed by atoms with Crippen LogP contribution in [-0.2, 0) is 0 Å². The maximum Gasteiger partial charge on any atom is 0.0777 e. The van der Waals surface area contributed by atoms with Crippen LogP contribution in [0.1, 0.15) is 0 Å². The summed E-state index contributed by atoms with van der Waals surface area (Å²) in [6.07, 6.45) is 0. The summed E-state index contributed by atoms with van der Waals surface area (Å²) in [7, 11) is -3.57. The van der Waals surface area contributed by atoms with Gasteiger partial charge in [0.1, 0.15) is 0 Å². The molecule has 10 heteroatoms. The zero-order valence-electron chi connectivity index (χ0n) is 82.0. The van der Waals surface area contributed by atoms with Crippen LogP contribution in [0.4, 0.5) is 68.2 Å². The maximum absolute atomic E-state index is 2.52. The van der Waals surface area contributed by atoms with E-state index in [4.69, 9.17) is 0 Å². The van der Waals surface area contributed by atoms with Crippen molar-refractivity contribution in [3.05, 3.63) is 510 Å². The Morgan fingerprint density at radius 3 is 1.01 bits per heavy atom. The summed E-state index contributed by atoms with van der Waals surface area (Å²) < 4.78 is 10.1. The van der Waals surface area contributed by atoms with E-state index < -0.39 is 16.1 Å². The van der Waals surface area contributed by atoms with Crippen LogP contribution >= 0.6 is 22.7 Å². The van der Waals surface area contributed by atoms with E-state index in [0.717, 1.165) is 90.6 Å². The number of para-hydroxylation sites is 4. The molecule has 0 aliphatic carbocycles. The summed E-state index contributed by atoms with van der Waals surface area (Å²) >= 11 is 3.72. The number of hydrogen-bond acceptors (Lipinski definition) is 6. The first kappa shape index (κ1) is 88.9. The molecule has 0 radical (unpaired) electrons. The van der Waals surface area contributed by atoms with Crippen LogP contribution in [0.3, 0.4) is 0 Å². The van der Waals surface area contributed by atoms with Gasteiger partial charge in [-0.05, 0) is 283 Å². The van der Waals surface area contributed by atoms with Crippen LogP contribution in [0.15, 0.2) is 510 Å². The Hall–Kier alpha value is -17.2. The first-order valence-corrected chi connectivity index (χ1v) is 59.0. The number of rotatable bonds is 19. The Balaban J connectivity index is 0.000000150. The molecule has 0 atom stereocenters. The molecule has 0 spiro atoms. The van der Waals surface area contributed by atoms with Crippen molar-refractivity contribution in [2.45, 2.75) is 39.3 Å². The molecular weight excluding hydrogens is 1840 g/mol. The average Bonchev–Trinajstić information content (AvgIpc) is 1.50. The van der Waals surface area contributed by atoms with Gasteiger partial charge in [-0.1, -0.05) is 353 Å². The number of nitrogens with zero attached hydrogens (tertiary/aromatic N) is 6. The number of thiophene rings is 2. The minimum Gasteiger partial charge on any atom is -0.310 e. The lowest BCUT2D eigenvalue weighted by Gasteiger charge is -2.32. The topological polar surface area (TPSA) is 22.8 Å². The standard InChI is InChI=1S/C72H59N3SSi2.C64H43N3S/c1-77(2,3)57-25-19-24-52(43-57)73(50-21-8-7-9-22-50)55-42-56(45-58(44-55)78(4,5)6)74(53-36-39-72-68(47-53)66-31-15-17-33-71(66)76-72)51-23-18-20-48(40-51)49-34-37-65-64-30-14-16-32-69(64)75(70(65)41-49)54-35-38-63-61-28-11-10-26-59(61)60-27-12-13-29-62(60)67(63)46-54;1-3-16-44(17-4-1)47-20-13-25-52(38-47)67-61-30-11-9-28-57(61)58-36-33-49(41-62(58)67)48-21-14-24-51(40-48)66(56-35-37-64-60(43-56)59-29-10-12-31-63(59)68-64)54-27-15-26-53(42-54)65(50-22-5-2-6-23-50)55-34-32-45-18-7-8-19-46(45)39-55/h7-47H,1-6H3;1-43H. The molecule has 0 N–H and O–H groups in total. The molecule has 23 aromatic carbocycles. The van der Waals surface area contributed by atoms with Crippen LogP contribution in [-0.4, -0.2) is 25.3 Å². The fraction of sp³-hybridized carbons (Fsp3) is 0.0441. The van der Waals surface area contributed by atoms with Crippen molar-refractivity contribution in [2.75, 3.05) is 19.6 Å². The highest BCUT2D eigenvalue weighted by Crippen LogP contribution is 2.50. The average molecular weight is 1940 g/mol. The molecule has 0 aliphatic heterocycles. The Morgan fingerprint density at radius 2 is 0.479 bits per heavy atom. The van der Waals surface area contributed by atoms with Gasteiger partial charge < -0.3 is 28.7 Å². The summed E-state index contributed by atoms with van der Waals surface area (Å²) in [5.41, 5.74) is 27.4. The third-order valence-electron chi connectivity index (χ3n) is 29.3. The van der Waals surface area contributed by atoms with Gasteiger partial charge in [-0.3, -0.25) is 0 Å². The molecule has 696 valence electrons. The van der Waals surface area contributed by atoms with Crippen molar-refractivity contribution in [3.8, 4) is 44.8 Å². The molecule has 4 aromatic heterocycles. The van der Waals surface area contributed by atoms with E-state index >= 15 is 0 Å². The van der Waals surface area contributed by atoms with Gasteiger partial charge in [0.05, 0.1) is 38.2 Å². The minimum atomic E-state index is -1.93. The maximum atomic E-state index is 2.52. The Kier molecular flexibility index (Phi) is 22.3. The van der Waals surface area contributed by atoms with E-state index in [2.05, 4.69) is 578 Å². The molecular formula is C136H102N6S2Si2. The van der Waals surface area contributed by atoms with Gasteiger partial charge >= 0.3 is 0 Å². The van der Waals surface area contributed by atoms with E-state index in [1.807, 2.05) is 22.7 Å². The summed E-state index contributed by atoms with van der Waals surface area (Å²) in [5, 5.41) is 23.0. The minimum absolute atomic E-state index is 1.06. The van der Waals surface area contributed by atoms with Crippen molar-refractivity contribution in [1.29, 1.82) is 0 Å². The second kappa shape index (κ2) is 36.6. The first-order chi connectivity index (χ1) is 71.6. The smallest absolute Gasteiger partial charge is 0.0777 e. The Morgan fingerprint density at radius 1 is 0.158 bits per heavy atom. The molecule has 0 saturated carbocycles. The Labute approximate surface area is 860 Å². The van der Waals surface area contributed by atoms with E-state index in [0.29, 0.717) is 0 Å². The summed E-state index contributed by atoms with van der Waals surface area (Å²) in [6.45, 7) is 14.7. The van der Waals surface area contributed by atoms with Crippen LogP contribution < -0.4 is 30.0 Å². The SMILES string of the molecule is C[Si](C)(C)c1cccc(N(c2ccccc2)c2cc(N(c3cccc(-c4ccc5c6ccccc6n(-c6ccc7c8ccccc8c8ccccc8c7c6)c5c4)c3)c3ccc4sc5ccccc5c4c3)cc([Si](C)(C)C)c2)c1.c1ccc(-c2cccc(-n3c4ccccc4c4ccc(-c5cccc(N(c6cccc(N(c7ccccc7)c7ccc8ccccc8c7)c6)c6ccc7sc8ccccc8c7c6)c5)cc43)c2)cc1. The highest BCUT2D eigenvalue weighted by Gasteiger charge is 2.29. The van der Waals surface area contributed by atoms with Gasteiger partial charge in [-0.25, -0.2) is 0 Å². The number of fused-ring (bicyclic) bond motifs is 19. The fourth-order valence-corrected chi connectivity index (χ4v) is 26.6. The summed E-state index contributed by atoms with van der Waals surface area (Å²) in [4.78, 5) is 9.79. The molecule has 0 unspecified atom stereocenters. The molecule has 146 heavy (non-hydrogen) atoms. The van der Waals surface area contributed by atoms with E-state index in [1.165, 1.54) is 160 Å². The molecule has 27 aromatic rings. The zero-order valence-corrected chi connectivity index (χ0v) is 85.6. The predicted octanol–water partition coefficient (Wildman–Crippen LogP) is 38.9. The lowest BCUT2D eigenvalue weighted by molar-refractivity contribution is 1.18. The van der Waals surface area contributed by atoms with Crippen LogP contribution in [0.25, 0.3) is 172 Å². The molecule has 4 heterocycles. The second-order valence-corrected chi connectivity index (χ2v) is 52.7. The highest BCUT2D eigenvalue weighted by atomic mass is 32.1. The quantitative estimate of drug-likeness (QED) is 0.0594. The van der Waals surface area contributed by atoms with Gasteiger partial charge in [-0.2, -0.15) is 0 Å². The summed E-state index contributed by atoms with van der Waals surface area (Å²) in [6, 6.07) is 189. The van der Waals surface area contributed by atoms with Crippen LogP contribution in [0, 0.1) is 0 Å². The third kappa shape index (κ3) is 16.2. The van der Waals surface area contributed by atoms with Gasteiger partial charge in [-0.15, -0.1) is 22.7 Å². The normalized spacial score (nSPS) is 11.9. The lowest BCUT2D eigenvalue weighted by Crippen LogP contribution is -2.38. The number of aromatic nitrogens is 2. The number of anilines is 12. The Bertz CT molecular complexity index is 9760. The zero-order chi connectivity index (χ0) is 97.8. The highest BCUT2D eigenvalue weighted by molar-refractivity contribution is 7.26. The fourth-order valence-electron chi connectivity index (χ4n) is 22.1. The van der Waals surface area contributed by atoms with E-state index in [9.17, 15) is 0 Å². The predicted molar refractivity (Wildman–Crippen MR) is 638 cm³/mol. The molecule has 0 aliphatic rings. The van der Waals surface area contributed by atoms with Crippen molar-refractivity contribution in [1.82, 2.24) is 9.13 Å². The monoisotopic (exact) mass is 1940 g/mol. The molecule has 6 nitrogen and oxygen atoms in total. The largest absolute Gasteiger partial charge is 0.310 e. The van der Waals surface area contributed by atoms with E-state index in [1.54, 1.807) is 0 Å². The van der Waals surface area contributed by atoms with Gasteiger partial charge in [0.15, 0.2) is 0 Å². The molecule has 0 saturated heterocycles. The second-order valence-electron chi connectivity index (χ2n) is 40.4. The number of benzene rings is 23. The van der Waals surface area contributed by atoms with Crippen molar-refractivity contribution in [3.63, 3.8) is 0 Å². The van der Waals surface area contributed by atoms with E-state index in [-0.39, 0.29) is 0 Å². The molecule has 0 bridgehead atoms. The molecule has 27 rings (SSSR count).